The summed E-state index contributed by atoms with van der Waals surface area (Å²) in [5, 5.41) is 19.8. The first kappa shape index (κ1) is 23.0. The van der Waals surface area contributed by atoms with E-state index in [2.05, 4.69) is 27.6 Å². The molecule has 0 saturated heterocycles. The van der Waals surface area contributed by atoms with Crippen molar-refractivity contribution in [2.24, 2.45) is 0 Å². The summed E-state index contributed by atoms with van der Waals surface area (Å²) in [6.45, 7) is 0. The molecule has 7 nitrogen and oxygen atoms in total. The normalized spacial score (nSPS) is 14.1. The van der Waals surface area contributed by atoms with E-state index in [0.29, 0.717) is 12.0 Å². The third-order valence-corrected chi connectivity index (χ3v) is 6.47. The molecule has 1 aliphatic carbocycles. The van der Waals surface area contributed by atoms with Crippen molar-refractivity contribution in [1.29, 1.82) is 0 Å². The molecule has 0 saturated carbocycles. The first-order valence-corrected chi connectivity index (χ1v) is 12.0. The molecule has 3 aromatic rings. The minimum Gasteiger partial charge on any atom is -0.480 e. The Bertz CT molecular complexity index is 1110. The largest absolute Gasteiger partial charge is 0.480 e. The van der Waals surface area contributed by atoms with Crippen molar-refractivity contribution in [2.45, 2.75) is 76.7 Å². The minimum atomic E-state index is -0.996. The van der Waals surface area contributed by atoms with E-state index < -0.39 is 12.0 Å². The number of aliphatic carboxylic acids is 1. The molecule has 0 fully saturated rings. The average molecular weight is 449 g/mol. The van der Waals surface area contributed by atoms with Crippen LogP contribution in [0.1, 0.15) is 78.7 Å². The zero-order valence-electron chi connectivity index (χ0n) is 19.0. The summed E-state index contributed by atoms with van der Waals surface area (Å²) < 4.78 is 0. The third kappa shape index (κ3) is 6.18. The van der Waals surface area contributed by atoms with E-state index in [4.69, 9.17) is 4.98 Å². The van der Waals surface area contributed by atoms with Crippen LogP contribution in [0.25, 0.3) is 10.9 Å². The van der Waals surface area contributed by atoms with Crippen LogP contribution in [-0.2, 0) is 24.1 Å². The van der Waals surface area contributed by atoms with Gasteiger partial charge in [-0.3, -0.25) is 14.9 Å². The SMILES string of the molecule is O=C(NC(CCCCCCCc1ccc2c(n1)CCCC2)C(=O)O)c1ccc2cn[nH]c2c1. The van der Waals surface area contributed by atoms with Gasteiger partial charge in [0.15, 0.2) is 0 Å². The van der Waals surface area contributed by atoms with E-state index >= 15 is 0 Å². The number of hydrogen-bond acceptors (Lipinski definition) is 4. The highest BCUT2D eigenvalue weighted by molar-refractivity contribution is 5.99. The van der Waals surface area contributed by atoms with Gasteiger partial charge in [-0.05, 0) is 68.7 Å². The van der Waals surface area contributed by atoms with Crippen molar-refractivity contribution >= 4 is 22.8 Å². The number of carboxylic acids is 1. The Morgan fingerprint density at radius 3 is 2.73 bits per heavy atom. The van der Waals surface area contributed by atoms with Crippen LogP contribution in [0.5, 0.6) is 0 Å². The topological polar surface area (TPSA) is 108 Å². The highest BCUT2D eigenvalue weighted by atomic mass is 16.4. The number of unbranched alkanes of at least 4 members (excludes halogenated alkanes) is 4. The Hall–Kier alpha value is -3.22. The molecule has 2 heterocycles. The van der Waals surface area contributed by atoms with Crippen molar-refractivity contribution in [3.63, 3.8) is 0 Å². The molecule has 1 aromatic carbocycles. The number of aryl methyl sites for hydroxylation is 3. The van der Waals surface area contributed by atoms with Crippen LogP contribution >= 0.6 is 0 Å². The van der Waals surface area contributed by atoms with Gasteiger partial charge < -0.3 is 10.4 Å². The van der Waals surface area contributed by atoms with E-state index in [1.54, 1.807) is 24.4 Å². The summed E-state index contributed by atoms with van der Waals surface area (Å²) in [6, 6.07) is 8.72. The maximum atomic E-state index is 12.5. The summed E-state index contributed by atoms with van der Waals surface area (Å²) in [5.41, 5.74) is 5.09. The average Bonchev–Trinajstić information content (AvgIpc) is 3.30. The summed E-state index contributed by atoms with van der Waals surface area (Å²) in [4.78, 5) is 29.0. The summed E-state index contributed by atoms with van der Waals surface area (Å²) in [7, 11) is 0. The molecular formula is C26H32N4O3. The highest BCUT2D eigenvalue weighted by Gasteiger charge is 2.20. The molecule has 0 radical (unpaired) electrons. The summed E-state index contributed by atoms with van der Waals surface area (Å²) >= 11 is 0. The predicted molar refractivity (Wildman–Crippen MR) is 127 cm³/mol. The molecule has 2 aromatic heterocycles. The number of H-pyrrole nitrogens is 1. The molecule has 7 heteroatoms. The van der Waals surface area contributed by atoms with Crippen LogP contribution < -0.4 is 5.32 Å². The molecule has 4 rings (SSSR count). The van der Waals surface area contributed by atoms with Crippen LogP contribution in [0.15, 0.2) is 36.5 Å². The monoisotopic (exact) mass is 448 g/mol. The number of fused-ring (bicyclic) bond motifs is 2. The Balaban J connectivity index is 1.15. The molecule has 1 unspecified atom stereocenters. The standard InChI is InChI=1S/C26H32N4O3/c31-25(19-12-13-20-17-27-30-24(20)16-19)29-23(26(32)33)11-5-3-1-2-4-9-21-15-14-18-8-6-7-10-22(18)28-21/h12-17,23H,1-11H2,(H,27,30)(H,29,31)(H,32,33). The van der Waals surface area contributed by atoms with Gasteiger partial charge in [-0.15, -0.1) is 0 Å². The first-order valence-electron chi connectivity index (χ1n) is 12.0. The molecule has 33 heavy (non-hydrogen) atoms. The smallest absolute Gasteiger partial charge is 0.326 e. The Morgan fingerprint density at radius 2 is 1.85 bits per heavy atom. The van der Waals surface area contributed by atoms with Gasteiger partial charge >= 0.3 is 5.97 Å². The number of aromatic nitrogens is 3. The van der Waals surface area contributed by atoms with Gasteiger partial charge in [-0.2, -0.15) is 5.10 Å². The fourth-order valence-electron chi connectivity index (χ4n) is 4.53. The van der Waals surface area contributed by atoms with Gasteiger partial charge in [0, 0.05) is 22.3 Å². The second-order valence-electron chi connectivity index (χ2n) is 8.96. The second kappa shape index (κ2) is 11.1. The molecule has 1 atom stereocenters. The van der Waals surface area contributed by atoms with E-state index in [-0.39, 0.29) is 5.91 Å². The number of nitrogens with one attached hydrogen (secondary N) is 2. The molecule has 0 aliphatic heterocycles. The van der Waals surface area contributed by atoms with Crippen molar-refractivity contribution in [2.75, 3.05) is 0 Å². The highest BCUT2D eigenvalue weighted by Crippen LogP contribution is 2.20. The Labute approximate surface area is 194 Å². The number of amides is 1. The Morgan fingerprint density at radius 1 is 1.03 bits per heavy atom. The third-order valence-electron chi connectivity index (χ3n) is 6.47. The quantitative estimate of drug-likeness (QED) is 0.372. The lowest BCUT2D eigenvalue weighted by molar-refractivity contribution is -0.139. The maximum Gasteiger partial charge on any atom is 0.326 e. The number of pyridine rings is 1. The van der Waals surface area contributed by atoms with Gasteiger partial charge in [-0.1, -0.05) is 37.8 Å². The minimum absolute atomic E-state index is 0.378. The first-order chi connectivity index (χ1) is 16.1. The van der Waals surface area contributed by atoms with Crippen molar-refractivity contribution < 1.29 is 14.7 Å². The number of hydrogen-bond donors (Lipinski definition) is 3. The van der Waals surface area contributed by atoms with Crippen LogP contribution in [0.3, 0.4) is 0 Å². The van der Waals surface area contributed by atoms with Gasteiger partial charge in [0.05, 0.1) is 11.7 Å². The molecular weight excluding hydrogens is 416 g/mol. The van der Waals surface area contributed by atoms with E-state index in [9.17, 15) is 14.7 Å². The fraction of sp³-hybridized carbons (Fsp3) is 0.462. The number of rotatable bonds is 11. The van der Waals surface area contributed by atoms with E-state index in [1.165, 1.54) is 36.2 Å². The number of carboxylic acid groups (broad SMARTS) is 1. The Kier molecular flexibility index (Phi) is 7.70. The predicted octanol–water partition coefficient (Wildman–Crippen LogP) is 4.60. The van der Waals surface area contributed by atoms with Gasteiger partial charge in [0.1, 0.15) is 6.04 Å². The van der Waals surface area contributed by atoms with Crippen molar-refractivity contribution in [1.82, 2.24) is 20.5 Å². The maximum absolute atomic E-state index is 12.5. The molecule has 174 valence electrons. The number of carbonyl (C=O) groups is 2. The fourth-order valence-corrected chi connectivity index (χ4v) is 4.53. The van der Waals surface area contributed by atoms with Gasteiger partial charge in [0.25, 0.3) is 5.91 Å². The number of aromatic amines is 1. The number of nitrogens with zero attached hydrogens (tertiary/aromatic N) is 2. The molecule has 3 N–H and O–H groups in total. The molecule has 1 aliphatic rings. The number of benzene rings is 1. The molecule has 0 bridgehead atoms. The lowest BCUT2D eigenvalue weighted by atomic mass is 9.95. The zero-order chi connectivity index (χ0) is 23.0. The van der Waals surface area contributed by atoms with Gasteiger partial charge in [-0.25, -0.2) is 4.79 Å². The summed E-state index contributed by atoms with van der Waals surface area (Å²) in [6.07, 6.45) is 12.9. The van der Waals surface area contributed by atoms with Crippen LogP contribution in [0.4, 0.5) is 0 Å². The van der Waals surface area contributed by atoms with Crippen molar-refractivity contribution in [3.8, 4) is 0 Å². The lowest BCUT2D eigenvalue weighted by Gasteiger charge is -2.15. The van der Waals surface area contributed by atoms with Crippen LogP contribution in [0.2, 0.25) is 0 Å². The summed E-state index contributed by atoms with van der Waals surface area (Å²) in [5.74, 6) is -1.37. The van der Waals surface area contributed by atoms with Crippen LogP contribution in [0, 0.1) is 0 Å². The van der Waals surface area contributed by atoms with E-state index in [1.807, 2.05) is 0 Å². The molecule has 1 amide bonds. The lowest BCUT2D eigenvalue weighted by Crippen LogP contribution is -2.40. The number of carbonyl (C=O) groups excluding carboxylic acids is 1. The molecule has 0 spiro atoms. The van der Waals surface area contributed by atoms with E-state index in [0.717, 1.165) is 55.8 Å². The second-order valence-corrected chi connectivity index (χ2v) is 8.96. The van der Waals surface area contributed by atoms with Gasteiger partial charge in [0.2, 0.25) is 0 Å². The zero-order valence-corrected chi connectivity index (χ0v) is 19.0. The van der Waals surface area contributed by atoms with Crippen molar-refractivity contribution in [3.05, 3.63) is 59.0 Å². The van der Waals surface area contributed by atoms with Crippen LogP contribution in [-0.4, -0.2) is 38.2 Å².